The van der Waals surface area contributed by atoms with Crippen molar-refractivity contribution >= 4 is 9.84 Å². The van der Waals surface area contributed by atoms with E-state index >= 15 is 0 Å². The second kappa shape index (κ2) is 5.09. The van der Waals surface area contributed by atoms with Crippen LogP contribution in [0.25, 0.3) is 0 Å². The second-order valence-electron chi connectivity index (χ2n) is 3.80. The van der Waals surface area contributed by atoms with Crippen LogP contribution >= 0.6 is 0 Å². The molecule has 1 saturated carbocycles. The number of hydrogen-bond donors (Lipinski definition) is 1. The van der Waals surface area contributed by atoms with Crippen molar-refractivity contribution in [3.8, 4) is 0 Å². The molecule has 0 aliphatic heterocycles. The van der Waals surface area contributed by atoms with E-state index < -0.39 is 9.84 Å². The van der Waals surface area contributed by atoms with Gasteiger partial charge < -0.3 is 10.5 Å². The van der Waals surface area contributed by atoms with E-state index in [1.807, 2.05) is 0 Å². The minimum absolute atomic E-state index is 0.146. The molecule has 0 radical (unpaired) electrons. The van der Waals surface area contributed by atoms with Crippen molar-refractivity contribution in [3.63, 3.8) is 0 Å². The van der Waals surface area contributed by atoms with E-state index in [-0.39, 0.29) is 17.6 Å². The summed E-state index contributed by atoms with van der Waals surface area (Å²) in [6.45, 7) is 2.70. The summed E-state index contributed by atoms with van der Waals surface area (Å²) >= 11 is 0. The van der Waals surface area contributed by atoms with Crippen molar-refractivity contribution in [1.29, 1.82) is 0 Å². The van der Waals surface area contributed by atoms with E-state index in [0.717, 1.165) is 12.8 Å². The van der Waals surface area contributed by atoms with Crippen molar-refractivity contribution in [2.45, 2.75) is 25.9 Å². The number of ether oxygens (including phenoxy) is 1. The Balaban J connectivity index is 2.06. The highest BCUT2D eigenvalue weighted by molar-refractivity contribution is 7.91. The second-order valence-corrected chi connectivity index (χ2v) is 6.28. The first-order valence-electron chi connectivity index (χ1n) is 5.09. The summed E-state index contributed by atoms with van der Waals surface area (Å²) in [4.78, 5) is 0. The molecule has 4 nitrogen and oxygen atoms in total. The van der Waals surface area contributed by atoms with Crippen LogP contribution in [0.4, 0.5) is 0 Å². The molecule has 0 amide bonds. The molecule has 0 aromatic carbocycles. The Hall–Kier alpha value is -0.130. The Morgan fingerprint density at radius 1 is 1.43 bits per heavy atom. The highest BCUT2D eigenvalue weighted by atomic mass is 32.2. The third-order valence-electron chi connectivity index (χ3n) is 2.71. The molecule has 5 heteroatoms. The molecule has 0 heterocycles. The molecular formula is C9H19NO3S. The third-order valence-corrected chi connectivity index (χ3v) is 4.38. The van der Waals surface area contributed by atoms with Gasteiger partial charge in [0, 0.05) is 5.75 Å². The first kappa shape index (κ1) is 11.9. The minimum Gasteiger partial charge on any atom is -0.377 e. The van der Waals surface area contributed by atoms with Crippen LogP contribution in [0.5, 0.6) is 0 Å². The Kier molecular flexibility index (Phi) is 4.34. The number of rotatable bonds is 6. The monoisotopic (exact) mass is 221 g/mol. The fraction of sp³-hybridized carbons (Fsp3) is 1.00. The first-order chi connectivity index (χ1) is 6.57. The van der Waals surface area contributed by atoms with Crippen LogP contribution in [0.2, 0.25) is 0 Å². The highest BCUT2D eigenvalue weighted by Crippen LogP contribution is 2.28. The van der Waals surface area contributed by atoms with E-state index in [2.05, 4.69) is 0 Å². The van der Waals surface area contributed by atoms with E-state index in [1.54, 1.807) is 6.92 Å². The molecule has 0 saturated heterocycles. The van der Waals surface area contributed by atoms with Crippen LogP contribution in [0.3, 0.4) is 0 Å². The van der Waals surface area contributed by atoms with Gasteiger partial charge in [-0.05, 0) is 25.3 Å². The van der Waals surface area contributed by atoms with Crippen molar-refractivity contribution in [1.82, 2.24) is 0 Å². The zero-order chi connectivity index (χ0) is 10.6. The molecule has 1 aliphatic rings. The SMILES string of the molecule is CCS(=O)(=O)CCOC1CC(CN)C1. The fourth-order valence-electron chi connectivity index (χ4n) is 1.49. The fourth-order valence-corrected chi connectivity index (χ4v) is 2.13. The molecule has 1 rings (SSSR count). The molecule has 1 aliphatic carbocycles. The molecule has 0 aromatic rings. The van der Waals surface area contributed by atoms with Gasteiger partial charge in [-0.1, -0.05) is 6.92 Å². The van der Waals surface area contributed by atoms with Crippen LogP contribution in [-0.2, 0) is 14.6 Å². The predicted octanol–water partition coefficient (Wildman–Crippen LogP) is 0.175. The van der Waals surface area contributed by atoms with E-state index in [9.17, 15) is 8.42 Å². The van der Waals surface area contributed by atoms with Crippen LogP contribution in [0, 0.1) is 5.92 Å². The summed E-state index contributed by atoms with van der Waals surface area (Å²) < 4.78 is 27.6. The largest absolute Gasteiger partial charge is 0.377 e. The predicted molar refractivity (Wildman–Crippen MR) is 55.8 cm³/mol. The van der Waals surface area contributed by atoms with Crippen molar-refractivity contribution in [3.05, 3.63) is 0 Å². The van der Waals surface area contributed by atoms with Gasteiger partial charge in [-0.3, -0.25) is 0 Å². The van der Waals surface area contributed by atoms with Crippen LogP contribution in [0.1, 0.15) is 19.8 Å². The number of hydrogen-bond acceptors (Lipinski definition) is 4. The average molecular weight is 221 g/mol. The zero-order valence-corrected chi connectivity index (χ0v) is 9.42. The third kappa shape index (κ3) is 3.55. The van der Waals surface area contributed by atoms with Gasteiger partial charge in [0.2, 0.25) is 0 Å². The zero-order valence-electron chi connectivity index (χ0n) is 8.61. The Morgan fingerprint density at radius 2 is 2.07 bits per heavy atom. The maximum atomic E-state index is 11.1. The lowest BCUT2D eigenvalue weighted by Gasteiger charge is -2.34. The molecule has 1 fully saturated rings. The summed E-state index contributed by atoms with van der Waals surface area (Å²) in [5.41, 5.74) is 5.46. The van der Waals surface area contributed by atoms with Gasteiger partial charge in [-0.15, -0.1) is 0 Å². The van der Waals surface area contributed by atoms with Gasteiger partial charge in [0.1, 0.15) is 0 Å². The summed E-state index contributed by atoms with van der Waals surface area (Å²) in [6, 6.07) is 0. The molecule has 14 heavy (non-hydrogen) atoms. The summed E-state index contributed by atoms with van der Waals surface area (Å²) in [5.74, 6) is 0.933. The van der Waals surface area contributed by atoms with Crippen molar-refractivity contribution in [2.75, 3.05) is 24.7 Å². The molecule has 0 bridgehead atoms. The van der Waals surface area contributed by atoms with Crippen molar-refractivity contribution < 1.29 is 13.2 Å². The van der Waals surface area contributed by atoms with Gasteiger partial charge in [0.15, 0.2) is 9.84 Å². The maximum absolute atomic E-state index is 11.1. The number of sulfone groups is 1. The summed E-state index contributed by atoms with van der Waals surface area (Å²) in [6.07, 6.45) is 2.22. The van der Waals surface area contributed by atoms with E-state index in [1.165, 1.54) is 0 Å². The lowest BCUT2D eigenvalue weighted by atomic mass is 9.82. The van der Waals surface area contributed by atoms with Gasteiger partial charge in [-0.25, -0.2) is 8.42 Å². The lowest BCUT2D eigenvalue weighted by molar-refractivity contribution is -0.0207. The van der Waals surface area contributed by atoms with Crippen LogP contribution in [-0.4, -0.2) is 39.2 Å². The first-order valence-corrected chi connectivity index (χ1v) is 6.91. The lowest BCUT2D eigenvalue weighted by Crippen LogP contribution is -2.36. The van der Waals surface area contributed by atoms with Crippen molar-refractivity contribution in [2.24, 2.45) is 11.7 Å². The Bertz CT molecular complexity index is 257. The number of nitrogens with two attached hydrogens (primary N) is 1. The van der Waals surface area contributed by atoms with E-state index in [4.69, 9.17) is 10.5 Å². The summed E-state index contributed by atoms with van der Waals surface area (Å²) in [7, 11) is -2.87. The topological polar surface area (TPSA) is 69.4 Å². The molecule has 84 valence electrons. The molecular weight excluding hydrogens is 202 g/mol. The minimum atomic E-state index is -2.87. The molecule has 0 atom stereocenters. The van der Waals surface area contributed by atoms with Gasteiger partial charge in [-0.2, -0.15) is 0 Å². The quantitative estimate of drug-likeness (QED) is 0.694. The van der Waals surface area contributed by atoms with Gasteiger partial charge in [0.05, 0.1) is 18.5 Å². The standard InChI is InChI=1S/C9H19NO3S/c1-2-14(11,12)4-3-13-9-5-8(6-9)7-10/h8-9H,2-7,10H2,1H3. The smallest absolute Gasteiger partial charge is 0.152 e. The Morgan fingerprint density at radius 3 is 2.57 bits per heavy atom. The van der Waals surface area contributed by atoms with E-state index in [0.29, 0.717) is 19.1 Å². The summed E-state index contributed by atoms with van der Waals surface area (Å²) in [5, 5.41) is 0. The van der Waals surface area contributed by atoms with Crippen LogP contribution < -0.4 is 5.73 Å². The average Bonchev–Trinajstić information content (AvgIpc) is 2.09. The van der Waals surface area contributed by atoms with Gasteiger partial charge >= 0.3 is 0 Å². The molecule has 0 aromatic heterocycles. The van der Waals surface area contributed by atoms with Crippen LogP contribution in [0.15, 0.2) is 0 Å². The highest BCUT2D eigenvalue weighted by Gasteiger charge is 2.28. The maximum Gasteiger partial charge on any atom is 0.152 e. The molecule has 0 unspecified atom stereocenters. The molecule has 2 N–H and O–H groups in total. The molecule has 0 spiro atoms. The Labute approximate surface area is 85.7 Å². The van der Waals surface area contributed by atoms with Gasteiger partial charge in [0.25, 0.3) is 0 Å². The normalized spacial score (nSPS) is 27.3.